The van der Waals surface area contributed by atoms with E-state index in [1.807, 2.05) is 0 Å². The van der Waals surface area contributed by atoms with Crippen LogP contribution in [0.4, 0.5) is 5.69 Å². The van der Waals surface area contributed by atoms with E-state index in [1.54, 1.807) is 11.3 Å². The van der Waals surface area contributed by atoms with E-state index in [2.05, 4.69) is 41.1 Å². The van der Waals surface area contributed by atoms with Crippen molar-refractivity contribution in [2.75, 3.05) is 18.2 Å². The number of anilines is 1. The van der Waals surface area contributed by atoms with Crippen LogP contribution < -0.4 is 4.90 Å². The van der Waals surface area contributed by atoms with Crippen LogP contribution in [-0.2, 0) is 11.2 Å². The van der Waals surface area contributed by atoms with Gasteiger partial charge in [0.05, 0.1) is 27.4 Å². The smallest absolute Gasteiger partial charge is 0.119 e. The quantitative estimate of drug-likeness (QED) is 0.790. The first-order valence-corrected chi connectivity index (χ1v) is 8.24. The summed E-state index contributed by atoms with van der Waals surface area (Å²) in [5, 5.41) is 9.73. The molecule has 1 aromatic carbocycles. The van der Waals surface area contributed by atoms with Crippen molar-refractivity contribution in [2.45, 2.75) is 38.7 Å². The van der Waals surface area contributed by atoms with Gasteiger partial charge in [0.2, 0.25) is 0 Å². The third-order valence-corrected chi connectivity index (χ3v) is 4.88. The minimum absolute atomic E-state index is 0.351. The van der Waals surface area contributed by atoms with Crippen LogP contribution in [0.3, 0.4) is 0 Å². The van der Waals surface area contributed by atoms with E-state index in [0.717, 1.165) is 36.3 Å². The molecule has 1 unspecified atom stereocenters. The lowest BCUT2D eigenvalue weighted by Crippen LogP contribution is -2.20. The van der Waals surface area contributed by atoms with E-state index < -0.39 is 0 Å². The summed E-state index contributed by atoms with van der Waals surface area (Å²) in [4.78, 5) is 6.92. The fourth-order valence-electron chi connectivity index (χ4n) is 2.56. The van der Waals surface area contributed by atoms with Gasteiger partial charge in [0.1, 0.15) is 6.73 Å². The molecule has 1 aliphatic rings. The summed E-state index contributed by atoms with van der Waals surface area (Å²) in [6.07, 6.45) is 3.80. The van der Waals surface area contributed by atoms with Gasteiger partial charge in [0.25, 0.3) is 0 Å². The number of nitriles is 1. The Balaban J connectivity index is 1.75. The zero-order valence-corrected chi connectivity index (χ0v) is 13.0. The van der Waals surface area contributed by atoms with Crippen molar-refractivity contribution in [1.29, 1.82) is 5.26 Å². The first-order chi connectivity index (χ1) is 10.3. The van der Waals surface area contributed by atoms with Gasteiger partial charge in [-0.25, -0.2) is 4.98 Å². The summed E-state index contributed by atoms with van der Waals surface area (Å²) in [7, 11) is 0. The highest BCUT2D eigenvalue weighted by Gasteiger charge is 2.22. The molecule has 0 radical (unpaired) electrons. The molecule has 2 heterocycles. The van der Waals surface area contributed by atoms with Gasteiger partial charge < -0.3 is 9.64 Å². The van der Waals surface area contributed by atoms with E-state index in [-0.39, 0.29) is 0 Å². The average Bonchev–Trinajstić information content (AvgIpc) is 3.12. The van der Waals surface area contributed by atoms with E-state index in [4.69, 9.17) is 10.00 Å². The van der Waals surface area contributed by atoms with Crippen molar-refractivity contribution >= 4 is 27.2 Å². The van der Waals surface area contributed by atoms with E-state index in [9.17, 15) is 0 Å². The number of hydrogen-bond acceptors (Lipinski definition) is 5. The van der Waals surface area contributed by atoms with Gasteiger partial charge in [-0.1, -0.05) is 6.92 Å². The number of fused-ring (bicyclic) bond motifs is 1. The standard InChI is InChI=1S/C16H19N3OS/c1-2-13-10-19(11-20-13)12-6-7-14-15(9-12)21-16(18-14)5-3-4-8-17/h6-7,9,13H,2-5,10-11H2,1H3. The molecular formula is C16H19N3OS. The number of thiazole rings is 1. The minimum atomic E-state index is 0.351. The Labute approximate surface area is 129 Å². The van der Waals surface area contributed by atoms with Crippen LogP contribution in [0.25, 0.3) is 10.2 Å². The largest absolute Gasteiger partial charge is 0.356 e. The second kappa shape index (κ2) is 6.42. The molecule has 0 amide bonds. The number of aromatic nitrogens is 1. The molecule has 1 saturated heterocycles. The van der Waals surface area contributed by atoms with Gasteiger partial charge in [-0.05, 0) is 31.0 Å². The van der Waals surface area contributed by atoms with E-state index in [1.165, 1.54) is 10.4 Å². The van der Waals surface area contributed by atoms with Gasteiger partial charge in [-0.15, -0.1) is 11.3 Å². The minimum Gasteiger partial charge on any atom is -0.356 e. The van der Waals surface area contributed by atoms with Crippen LogP contribution in [0.5, 0.6) is 0 Å². The molecular weight excluding hydrogens is 282 g/mol. The van der Waals surface area contributed by atoms with Crippen LogP contribution in [0.15, 0.2) is 18.2 Å². The SMILES string of the molecule is CCC1CN(c2ccc3nc(CCCC#N)sc3c2)CO1. The van der Waals surface area contributed by atoms with Crippen molar-refractivity contribution in [3.63, 3.8) is 0 Å². The number of rotatable bonds is 5. The molecule has 5 heteroatoms. The molecule has 2 aromatic rings. The summed E-state index contributed by atoms with van der Waals surface area (Å²) in [6, 6.07) is 8.61. The maximum absolute atomic E-state index is 8.60. The highest BCUT2D eigenvalue weighted by Crippen LogP contribution is 2.29. The van der Waals surface area contributed by atoms with Crippen LogP contribution >= 0.6 is 11.3 Å². The molecule has 0 saturated carbocycles. The third-order valence-electron chi connectivity index (χ3n) is 3.81. The average molecular weight is 301 g/mol. The van der Waals surface area contributed by atoms with Crippen molar-refractivity contribution in [2.24, 2.45) is 0 Å². The molecule has 0 spiro atoms. The molecule has 1 aliphatic heterocycles. The molecule has 3 rings (SSSR count). The molecule has 1 atom stereocenters. The predicted molar refractivity (Wildman–Crippen MR) is 85.5 cm³/mol. The Hall–Kier alpha value is -1.64. The number of ether oxygens (including phenoxy) is 1. The molecule has 0 bridgehead atoms. The van der Waals surface area contributed by atoms with Crippen molar-refractivity contribution in [1.82, 2.24) is 4.98 Å². The highest BCUT2D eigenvalue weighted by atomic mass is 32.1. The lowest BCUT2D eigenvalue weighted by Gasteiger charge is -2.15. The summed E-state index contributed by atoms with van der Waals surface area (Å²) in [6.45, 7) is 3.81. The van der Waals surface area contributed by atoms with Gasteiger partial charge in [-0.2, -0.15) is 5.26 Å². The first-order valence-electron chi connectivity index (χ1n) is 7.43. The molecule has 110 valence electrons. The maximum atomic E-state index is 8.60. The summed E-state index contributed by atoms with van der Waals surface area (Å²) >= 11 is 1.74. The van der Waals surface area contributed by atoms with Crippen LogP contribution in [-0.4, -0.2) is 24.4 Å². The summed E-state index contributed by atoms with van der Waals surface area (Å²) < 4.78 is 6.96. The van der Waals surface area contributed by atoms with Crippen molar-refractivity contribution < 1.29 is 4.74 Å². The normalized spacial score (nSPS) is 18.3. The van der Waals surface area contributed by atoms with Crippen molar-refractivity contribution in [3.05, 3.63) is 23.2 Å². The van der Waals surface area contributed by atoms with Crippen LogP contribution in [0, 0.1) is 11.3 Å². The van der Waals surface area contributed by atoms with Gasteiger partial charge in [-0.3, -0.25) is 0 Å². The Morgan fingerprint density at radius 3 is 3.19 bits per heavy atom. The van der Waals surface area contributed by atoms with Crippen LogP contribution in [0.2, 0.25) is 0 Å². The van der Waals surface area contributed by atoms with E-state index >= 15 is 0 Å². The lowest BCUT2D eigenvalue weighted by atomic mass is 10.2. The third kappa shape index (κ3) is 3.17. The fourth-order valence-corrected chi connectivity index (χ4v) is 3.60. The van der Waals surface area contributed by atoms with Gasteiger partial charge in [0.15, 0.2) is 0 Å². The van der Waals surface area contributed by atoms with E-state index in [0.29, 0.717) is 19.3 Å². The second-order valence-corrected chi connectivity index (χ2v) is 6.43. The summed E-state index contributed by atoms with van der Waals surface area (Å²) in [5.74, 6) is 0. The lowest BCUT2D eigenvalue weighted by molar-refractivity contribution is 0.113. The number of hydrogen-bond donors (Lipinski definition) is 0. The highest BCUT2D eigenvalue weighted by molar-refractivity contribution is 7.18. The summed E-state index contributed by atoms with van der Waals surface area (Å²) in [5.41, 5.74) is 2.27. The first kappa shape index (κ1) is 14.3. The number of nitrogens with zero attached hydrogens (tertiary/aromatic N) is 3. The predicted octanol–water partition coefficient (Wildman–Crippen LogP) is 3.72. The monoisotopic (exact) mass is 301 g/mol. The number of aryl methyl sites for hydroxylation is 1. The zero-order chi connectivity index (χ0) is 14.7. The van der Waals surface area contributed by atoms with Gasteiger partial charge in [0, 0.05) is 25.1 Å². The Morgan fingerprint density at radius 2 is 2.43 bits per heavy atom. The second-order valence-electron chi connectivity index (χ2n) is 5.32. The molecule has 0 aliphatic carbocycles. The Kier molecular flexibility index (Phi) is 4.37. The molecule has 21 heavy (non-hydrogen) atoms. The van der Waals surface area contributed by atoms with Gasteiger partial charge >= 0.3 is 0 Å². The molecule has 4 nitrogen and oxygen atoms in total. The zero-order valence-electron chi connectivity index (χ0n) is 12.2. The number of benzene rings is 1. The molecule has 1 fully saturated rings. The van der Waals surface area contributed by atoms with Crippen LogP contribution in [0.1, 0.15) is 31.2 Å². The maximum Gasteiger partial charge on any atom is 0.119 e. The Morgan fingerprint density at radius 1 is 1.52 bits per heavy atom. The topological polar surface area (TPSA) is 49.2 Å². The Bertz CT molecular complexity index is 661. The number of unbranched alkanes of at least 4 members (excludes halogenated alkanes) is 1. The fraction of sp³-hybridized carbons (Fsp3) is 0.500. The van der Waals surface area contributed by atoms with Crippen molar-refractivity contribution in [3.8, 4) is 6.07 Å². The molecule has 1 aromatic heterocycles. The molecule has 0 N–H and O–H groups in total.